The van der Waals surface area contributed by atoms with E-state index in [1.807, 2.05) is 12.3 Å². The first-order chi connectivity index (χ1) is 9.33. The summed E-state index contributed by atoms with van der Waals surface area (Å²) in [5, 5.41) is 4.66. The normalized spacial score (nSPS) is 12.0. The van der Waals surface area contributed by atoms with Crippen molar-refractivity contribution in [3.05, 3.63) is 48.2 Å². The van der Waals surface area contributed by atoms with Gasteiger partial charge in [-0.1, -0.05) is 31.2 Å². The first-order valence-electron chi connectivity index (χ1n) is 7.04. The maximum absolute atomic E-state index is 4.41. The van der Waals surface area contributed by atoms with E-state index >= 15 is 0 Å². The molecule has 0 aliphatic heterocycles. The van der Waals surface area contributed by atoms with Gasteiger partial charge in [0.15, 0.2) is 0 Å². The number of nitrogens with one attached hydrogen (secondary N) is 1. The Bertz CT molecular complexity index is 553. The summed E-state index contributed by atoms with van der Waals surface area (Å²) in [6.45, 7) is 6.53. The molecule has 1 heterocycles. The number of pyridine rings is 1. The van der Waals surface area contributed by atoms with E-state index in [4.69, 9.17) is 0 Å². The van der Waals surface area contributed by atoms with E-state index in [0.29, 0.717) is 0 Å². The van der Waals surface area contributed by atoms with Crippen LogP contribution in [0.2, 0.25) is 0 Å². The molecular weight excluding hydrogens is 232 g/mol. The van der Waals surface area contributed by atoms with E-state index in [1.54, 1.807) is 0 Å². The van der Waals surface area contributed by atoms with Gasteiger partial charge in [-0.2, -0.15) is 0 Å². The third-order valence-corrected chi connectivity index (χ3v) is 3.27. The van der Waals surface area contributed by atoms with E-state index in [0.717, 1.165) is 25.0 Å². The Labute approximate surface area is 115 Å². The standard InChI is InChI=1S/C17H22N2/c1-3-11-18-12-5-7-14(2)15-8-4-10-17-16(15)9-6-13-19-17/h4,6-10,13,18H,3,5,11-12H2,1-2H3/b14-7-. The number of benzene rings is 1. The van der Waals surface area contributed by atoms with Crippen LogP contribution in [0.3, 0.4) is 0 Å². The Morgan fingerprint density at radius 3 is 2.95 bits per heavy atom. The minimum Gasteiger partial charge on any atom is -0.316 e. The van der Waals surface area contributed by atoms with Crippen molar-refractivity contribution in [3.8, 4) is 0 Å². The summed E-state index contributed by atoms with van der Waals surface area (Å²) in [4.78, 5) is 4.41. The van der Waals surface area contributed by atoms with Crippen LogP contribution in [0, 0.1) is 0 Å². The van der Waals surface area contributed by atoms with Gasteiger partial charge < -0.3 is 5.32 Å². The average molecular weight is 254 g/mol. The van der Waals surface area contributed by atoms with Gasteiger partial charge in [-0.25, -0.2) is 0 Å². The molecule has 0 saturated carbocycles. The fourth-order valence-corrected chi connectivity index (χ4v) is 2.25. The summed E-state index contributed by atoms with van der Waals surface area (Å²) in [6, 6.07) is 10.5. The van der Waals surface area contributed by atoms with E-state index in [-0.39, 0.29) is 0 Å². The Balaban J connectivity index is 2.12. The second kappa shape index (κ2) is 7.05. The van der Waals surface area contributed by atoms with Crippen molar-refractivity contribution >= 4 is 16.5 Å². The van der Waals surface area contributed by atoms with Gasteiger partial charge in [0.25, 0.3) is 0 Å². The lowest BCUT2D eigenvalue weighted by Gasteiger charge is -2.07. The summed E-state index contributed by atoms with van der Waals surface area (Å²) in [7, 11) is 0. The zero-order valence-corrected chi connectivity index (χ0v) is 11.8. The average Bonchev–Trinajstić information content (AvgIpc) is 2.46. The molecule has 0 atom stereocenters. The monoisotopic (exact) mass is 254 g/mol. The number of hydrogen-bond acceptors (Lipinski definition) is 2. The molecule has 2 heteroatoms. The molecule has 1 aromatic heterocycles. The highest BCUT2D eigenvalue weighted by Crippen LogP contribution is 2.23. The van der Waals surface area contributed by atoms with Crippen LogP contribution in [-0.4, -0.2) is 18.1 Å². The summed E-state index contributed by atoms with van der Waals surface area (Å²) in [5.74, 6) is 0. The Kier molecular flexibility index (Phi) is 5.10. The summed E-state index contributed by atoms with van der Waals surface area (Å²) in [5.41, 5.74) is 3.69. The first-order valence-corrected chi connectivity index (χ1v) is 7.04. The van der Waals surface area contributed by atoms with Crippen molar-refractivity contribution in [2.75, 3.05) is 13.1 Å². The minimum atomic E-state index is 1.05. The van der Waals surface area contributed by atoms with Crippen molar-refractivity contribution in [1.29, 1.82) is 0 Å². The molecule has 1 aromatic carbocycles. The van der Waals surface area contributed by atoms with E-state index in [2.05, 4.69) is 54.5 Å². The van der Waals surface area contributed by atoms with Gasteiger partial charge in [-0.15, -0.1) is 0 Å². The Morgan fingerprint density at radius 2 is 2.11 bits per heavy atom. The molecule has 0 saturated heterocycles. The number of aromatic nitrogens is 1. The number of nitrogens with zero attached hydrogens (tertiary/aromatic N) is 1. The molecule has 0 bridgehead atoms. The van der Waals surface area contributed by atoms with Crippen LogP contribution < -0.4 is 5.32 Å². The van der Waals surface area contributed by atoms with Gasteiger partial charge in [-0.05, 0) is 56.1 Å². The molecule has 0 spiro atoms. The topological polar surface area (TPSA) is 24.9 Å². The molecule has 2 aromatic rings. The molecule has 100 valence electrons. The summed E-state index contributed by atoms with van der Waals surface area (Å²) < 4.78 is 0. The molecule has 19 heavy (non-hydrogen) atoms. The van der Waals surface area contributed by atoms with Crippen LogP contribution in [0.15, 0.2) is 42.6 Å². The number of hydrogen-bond donors (Lipinski definition) is 1. The third-order valence-electron chi connectivity index (χ3n) is 3.27. The van der Waals surface area contributed by atoms with Crippen molar-refractivity contribution in [1.82, 2.24) is 10.3 Å². The van der Waals surface area contributed by atoms with Gasteiger partial charge in [-0.3, -0.25) is 4.98 Å². The maximum Gasteiger partial charge on any atom is 0.0708 e. The second-order valence-corrected chi connectivity index (χ2v) is 4.80. The van der Waals surface area contributed by atoms with Crippen LogP contribution in [0.5, 0.6) is 0 Å². The molecule has 0 radical (unpaired) electrons. The van der Waals surface area contributed by atoms with Crippen molar-refractivity contribution in [2.24, 2.45) is 0 Å². The summed E-state index contributed by atoms with van der Waals surface area (Å²) in [6.07, 6.45) is 6.42. The molecule has 2 nitrogen and oxygen atoms in total. The third kappa shape index (κ3) is 3.65. The Morgan fingerprint density at radius 1 is 1.21 bits per heavy atom. The first kappa shape index (κ1) is 13.8. The highest BCUT2D eigenvalue weighted by Gasteiger charge is 2.02. The molecule has 1 N–H and O–H groups in total. The number of allylic oxidation sites excluding steroid dienone is 1. The summed E-state index contributed by atoms with van der Waals surface area (Å²) >= 11 is 0. The quantitative estimate of drug-likeness (QED) is 0.787. The van der Waals surface area contributed by atoms with Crippen LogP contribution in [0.1, 0.15) is 32.3 Å². The molecule has 2 rings (SSSR count). The zero-order valence-electron chi connectivity index (χ0n) is 11.8. The minimum absolute atomic E-state index is 1.05. The predicted molar refractivity (Wildman–Crippen MR) is 83.2 cm³/mol. The van der Waals surface area contributed by atoms with Gasteiger partial charge in [0.1, 0.15) is 0 Å². The van der Waals surface area contributed by atoms with E-state index in [1.165, 1.54) is 22.9 Å². The van der Waals surface area contributed by atoms with Crippen molar-refractivity contribution < 1.29 is 0 Å². The molecular formula is C17H22N2. The van der Waals surface area contributed by atoms with Gasteiger partial charge >= 0.3 is 0 Å². The maximum atomic E-state index is 4.41. The highest BCUT2D eigenvalue weighted by molar-refractivity contribution is 5.91. The molecule has 0 amide bonds. The highest BCUT2D eigenvalue weighted by atomic mass is 14.8. The second-order valence-electron chi connectivity index (χ2n) is 4.80. The number of rotatable bonds is 6. The number of fused-ring (bicyclic) bond motifs is 1. The lowest BCUT2D eigenvalue weighted by molar-refractivity contribution is 0.678. The van der Waals surface area contributed by atoms with E-state index < -0.39 is 0 Å². The van der Waals surface area contributed by atoms with Crippen LogP contribution >= 0.6 is 0 Å². The van der Waals surface area contributed by atoms with Crippen LogP contribution in [0.25, 0.3) is 16.5 Å². The smallest absolute Gasteiger partial charge is 0.0708 e. The van der Waals surface area contributed by atoms with Crippen LogP contribution in [0.4, 0.5) is 0 Å². The van der Waals surface area contributed by atoms with Gasteiger partial charge in [0.2, 0.25) is 0 Å². The molecule has 0 aliphatic carbocycles. The molecule has 0 fully saturated rings. The molecule has 0 unspecified atom stereocenters. The van der Waals surface area contributed by atoms with Crippen molar-refractivity contribution in [2.45, 2.75) is 26.7 Å². The molecule has 0 aliphatic rings. The van der Waals surface area contributed by atoms with Gasteiger partial charge in [0.05, 0.1) is 5.52 Å². The lowest BCUT2D eigenvalue weighted by atomic mass is 10.0. The SMILES string of the molecule is CCCNCC/C=C(/C)c1cccc2ncccc12. The predicted octanol–water partition coefficient (Wildman–Crippen LogP) is 4.03. The van der Waals surface area contributed by atoms with E-state index in [9.17, 15) is 0 Å². The van der Waals surface area contributed by atoms with Gasteiger partial charge in [0, 0.05) is 11.6 Å². The lowest BCUT2D eigenvalue weighted by Crippen LogP contribution is -2.15. The van der Waals surface area contributed by atoms with Crippen LogP contribution in [-0.2, 0) is 0 Å². The van der Waals surface area contributed by atoms with Crippen molar-refractivity contribution in [3.63, 3.8) is 0 Å². The largest absolute Gasteiger partial charge is 0.316 e. The fourth-order valence-electron chi connectivity index (χ4n) is 2.25. The fraction of sp³-hybridized carbons (Fsp3) is 0.353. The Hall–Kier alpha value is -1.67. The zero-order chi connectivity index (χ0) is 13.5.